The Labute approximate surface area is 67.9 Å². The molecule has 3 nitrogen and oxygen atoms in total. The summed E-state index contributed by atoms with van der Waals surface area (Å²) in [5.74, 6) is 0.384. The normalized spacial score (nSPS) is 34.1. The van der Waals surface area contributed by atoms with Gasteiger partial charge in [0.05, 0.1) is 13.2 Å². The van der Waals surface area contributed by atoms with E-state index in [0.717, 1.165) is 19.6 Å². The van der Waals surface area contributed by atoms with E-state index in [2.05, 4.69) is 6.92 Å². The average Bonchev–Trinajstić information content (AvgIpc) is 2.38. The van der Waals surface area contributed by atoms with Crippen LogP contribution in [-0.4, -0.2) is 32.5 Å². The van der Waals surface area contributed by atoms with Crippen LogP contribution in [0.4, 0.5) is 0 Å². The van der Waals surface area contributed by atoms with E-state index in [4.69, 9.17) is 15.2 Å². The third kappa shape index (κ3) is 1.92. The predicted octanol–water partition coefficient (Wildman–Crippen LogP) is 0.387. The Morgan fingerprint density at radius 3 is 2.91 bits per heavy atom. The Bertz CT molecular complexity index is 121. The van der Waals surface area contributed by atoms with Gasteiger partial charge in [-0.3, -0.25) is 0 Å². The highest BCUT2D eigenvalue weighted by Crippen LogP contribution is 2.24. The fourth-order valence-electron chi connectivity index (χ4n) is 1.40. The van der Waals surface area contributed by atoms with Gasteiger partial charge in [0.25, 0.3) is 0 Å². The number of nitrogens with two attached hydrogens (primary N) is 1. The van der Waals surface area contributed by atoms with Gasteiger partial charge in [-0.2, -0.15) is 0 Å². The van der Waals surface area contributed by atoms with E-state index in [0.29, 0.717) is 12.5 Å². The number of methoxy groups -OCH3 is 1. The lowest BCUT2D eigenvalue weighted by atomic mass is 9.86. The molecule has 3 heteroatoms. The zero-order chi connectivity index (χ0) is 8.32. The van der Waals surface area contributed by atoms with Crippen molar-refractivity contribution in [2.24, 2.45) is 11.7 Å². The lowest BCUT2D eigenvalue weighted by molar-refractivity contribution is 0.0999. The molecule has 0 bridgehead atoms. The summed E-state index contributed by atoms with van der Waals surface area (Å²) in [5, 5.41) is 0. The second-order valence-electron chi connectivity index (χ2n) is 3.39. The minimum atomic E-state index is -0.143. The highest BCUT2D eigenvalue weighted by molar-refractivity contribution is 4.92. The summed E-state index contributed by atoms with van der Waals surface area (Å²) in [7, 11) is 1.70. The monoisotopic (exact) mass is 159 g/mol. The molecule has 2 unspecified atom stereocenters. The molecular weight excluding hydrogens is 142 g/mol. The van der Waals surface area contributed by atoms with E-state index in [1.54, 1.807) is 7.11 Å². The van der Waals surface area contributed by atoms with Crippen LogP contribution < -0.4 is 5.73 Å². The quantitative estimate of drug-likeness (QED) is 0.647. The Hall–Kier alpha value is -0.120. The van der Waals surface area contributed by atoms with Crippen molar-refractivity contribution >= 4 is 0 Å². The molecule has 1 rings (SSSR count). The molecule has 0 spiro atoms. The molecule has 0 amide bonds. The molecule has 0 aromatic heterocycles. The van der Waals surface area contributed by atoms with Crippen molar-refractivity contribution in [1.29, 1.82) is 0 Å². The molecule has 11 heavy (non-hydrogen) atoms. The van der Waals surface area contributed by atoms with E-state index < -0.39 is 0 Å². The van der Waals surface area contributed by atoms with Gasteiger partial charge in [-0.1, -0.05) is 6.92 Å². The standard InChI is InChI=1S/C8H17NO2/c1-7(5-10-2)8(9)3-4-11-6-8/h7H,3-6,9H2,1-2H3. The van der Waals surface area contributed by atoms with Crippen molar-refractivity contribution in [3.05, 3.63) is 0 Å². The molecule has 1 aliphatic heterocycles. The molecule has 0 radical (unpaired) electrons. The second kappa shape index (κ2) is 3.52. The van der Waals surface area contributed by atoms with Crippen molar-refractivity contribution in [2.45, 2.75) is 18.9 Å². The second-order valence-corrected chi connectivity index (χ2v) is 3.39. The molecule has 1 aliphatic rings. The summed E-state index contributed by atoms with van der Waals surface area (Å²) < 4.78 is 10.3. The first kappa shape index (κ1) is 8.97. The van der Waals surface area contributed by atoms with Gasteiger partial charge in [0.15, 0.2) is 0 Å². The molecule has 1 saturated heterocycles. The van der Waals surface area contributed by atoms with E-state index in [1.807, 2.05) is 0 Å². The molecule has 2 atom stereocenters. The molecule has 66 valence electrons. The van der Waals surface area contributed by atoms with Gasteiger partial charge in [-0.25, -0.2) is 0 Å². The molecule has 0 aromatic rings. The van der Waals surface area contributed by atoms with Crippen molar-refractivity contribution in [3.63, 3.8) is 0 Å². The third-order valence-corrected chi connectivity index (χ3v) is 2.48. The van der Waals surface area contributed by atoms with Gasteiger partial charge in [0, 0.05) is 19.3 Å². The van der Waals surface area contributed by atoms with Crippen LogP contribution in [0, 0.1) is 5.92 Å². The number of hydrogen-bond acceptors (Lipinski definition) is 3. The first-order valence-electron chi connectivity index (χ1n) is 4.04. The van der Waals surface area contributed by atoms with E-state index in [1.165, 1.54) is 0 Å². The van der Waals surface area contributed by atoms with Gasteiger partial charge in [-0.15, -0.1) is 0 Å². The zero-order valence-corrected chi connectivity index (χ0v) is 7.30. The minimum Gasteiger partial charge on any atom is -0.384 e. The summed E-state index contributed by atoms with van der Waals surface area (Å²) in [6.45, 7) is 4.31. The Balaban J connectivity index is 2.42. The zero-order valence-electron chi connectivity index (χ0n) is 7.30. The first-order valence-corrected chi connectivity index (χ1v) is 4.04. The largest absolute Gasteiger partial charge is 0.384 e. The van der Waals surface area contributed by atoms with Crippen LogP contribution in [0.1, 0.15) is 13.3 Å². The molecule has 0 saturated carbocycles. The van der Waals surface area contributed by atoms with Gasteiger partial charge in [0.1, 0.15) is 0 Å². The number of ether oxygens (including phenoxy) is 2. The number of rotatable bonds is 3. The Morgan fingerprint density at radius 2 is 2.45 bits per heavy atom. The third-order valence-electron chi connectivity index (χ3n) is 2.48. The van der Waals surface area contributed by atoms with Crippen molar-refractivity contribution < 1.29 is 9.47 Å². The summed E-state index contributed by atoms with van der Waals surface area (Å²) in [4.78, 5) is 0. The predicted molar refractivity (Wildman–Crippen MR) is 43.4 cm³/mol. The summed E-state index contributed by atoms with van der Waals surface area (Å²) >= 11 is 0. The van der Waals surface area contributed by atoms with E-state index >= 15 is 0 Å². The first-order chi connectivity index (χ1) is 5.19. The van der Waals surface area contributed by atoms with Gasteiger partial charge in [0.2, 0.25) is 0 Å². The lowest BCUT2D eigenvalue weighted by Crippen LogP contribution is -2.48. The van der Waals surface area contributed by atoms with E-state index in [-0.39, 0.29) is 5.54 Å². The smallest absolute Gasteiger partial charge is 0.0650 e. The van der Waals surface area contributed by atoms with Crippen molar-refractivity contribution in [1.82, 2.24) is 0 Å². The number of hydrogen-bond donors (Lipinski definition) is 1. The maximum atomic E-state index is 6.08. The lowest BCUT2D eigenvalue weighted by Gasteiger charge is -2.28. The topological polar surface area (TPSA) is 44.5 Å². The van der Waals surface area contributed by atoms with Crippen LogP contribution >= 0.6 is 0 Å². The van der Waals surface area contributed by atoms with Crippen LogP contribution in [-0.2, 0) is 9.47 Å². The molecule has 0 aliphatic carbocycles. The molecule has 0 aromatic carbocycles. The van der Waals surface area contributed by atoms with Gasteiger partial charge >= 0.3 is 0 Å². The molecule has 2 N–H and O–H groups in total. The molecule has 1 heterocycles. The fourth-order valence-corrected chi connectivity index (χ4v) is 1.40. The maximum absolute atomic E-state index is 6.08. The summed E-state index contributed by atoms with van der Waals surface area (Å²) in [6.07, 6.45) is 0.956. The van der Waals surface area contributed by atoms with Crippen molar-refractivity contribution in [3.8, 4) is 0 Å². The van der Waals surface area contributed by atoms with E-state index in [9.17, 15) is 0 Å². The summed E-state index contributed by atoms with van der Waals surface area (Å²) in [5.41, 5.74) is 5.94. The van der Waals surface area contributed by atoms with Gasteiger partial charge < -0.3 is 15.2 Å². The van der Waals surface area contributed by atoms with Crippen LogP contribution in [0.25, 0.3) is 0 Å². The maximum Gasteiger partial charge on any atom is 0.0650 e. The minimum absolute atomic E-state index is 0.143. The average molecular weight is 159 g/mol. The highest BCUT2D eigenvalue weighted by atomic mass is 16.5. The fraction of sp³-hybridized carbons (Fsp3) is 1.00. The SMILES string of the molecule is COCC(C)C1(N)CCOC1. The Morgan fingerprint density at radius 1 is 1.73 bits per heavy atom. The van der Waals surface area contributed by atoms with Crippen LogP contribution in [0.15, 0.2) is 0 Å². The molecule has 1 fully saturated rings. The van der Waals surface area contributed by atoms with Crippen LogP contribution in [0.3, 0.4) is 0 Å². The highest BCUT2D eigenvalue weighted by Gasteiger charge is 2.35. The van der Waals surface area contributed by atoms with Gasteiger partial charge in [-0.05, 0) is 12.3 Å². The Kier molecular flexibility index (Phi) is 2.87. The van der Waals surface area contributed by atoms with Crippen molar-refractivity contribution in [2.75, 3.05) is 26.9 Å². The van der Waals surface area contributed by atoms with Crippen LogP contribution in [0.2, 0.25) is 0 Å². The van der Waals surface area contributed by atoms with Crippen LogP contribution in [0.5, 0.6) is 0 Å². The summed E-state index contributed by atoms with van der Waals surface area (Å²) in [6, 6.07) is 0. The molecular formula is C8H17NO2.